The van der Waals surface area contributed by atoms with Crippen LogP contribution in [0.5, 0.6) is 5.75 Å². The lowest BCUT2D eigenvalue weighted by Gasteiger charge is -2.30. The number of allylic oxidation sites excluding steroid dienone is 2. The molecule has 2 heterocycles. The van der Waals surface area contributed by atoms with Crippen LogP contribution in [0.4, 0.5) is 0 Å². The molecule has 166 valence electrons. The highest BCUT2D eigenvalue weighted by molar-refractivity contribution is 6.05. The molecule has 32 heavy (non-hydrogen) atoms. The van der Waals surface area contributed by atoms with Gasteiger partial charge in [-0.2, -0.15) is 0 Å². The summed E-state index contributed by atoms with van der Waals surface area (Å²) in [6, 6.07) is 11.6. The molecule has 2 aliphatic heterocycles. The van der Waals surface area contributed by atoms with Crippen LogP contribution in [0.15, 0.2) is 53.1 Å². The van der Waals surface area contributed by atoms with E-state index in [0.29, 0.717) is 18.8 Å². The van der Waals surface area contributed by atoms with E-state index in [-0.39, 0.29) is 35.7 Å². The Morgan fingerprint density at radius 1 is 1.12 bits per heavy atom. The van der Waals surface area contributed by atoms with Crippen molar-refractivity contribution < 1.29 is 19.4 Å². The first kappa shape index (κ1) is 21.0. The first-order valence-electron chi connectivity index (χ1n) is 11.4. The highest BCUT2D eigenvalue weighted by atomic mass is 16.5. The number of amides is 2. The van der Waals surface area contributed by atoms with Crippen LogP contribution in [0, 0.1) is 17.8 Å². The third-order valence-corrected chi connectivity index (χ3v) is 7.51. The second-order valence-electron chi connectivity index (χ2n) is 9.48. The fourth-order valence-corrected chi connectivity index (χ4v) is 5.92. The lowest BCUT2D eigenvalue weighted by molar-refractivity contribution is -0.138. The van der Waals surface area contributed by atoms with Crippen molar-refractivity contribution in [2.45, 2.75) is 39.2 Å². The topological polar surface area (TPSA) is 66.8 Å². The van der Waals surface area contributed by atoms with Gasteiger partial charge in [-0.3, -0.25) is 14.5 Å². The molecule has 5 heteroatoms. The van der Waals surface area contributed by atoms with Gasteiger partial charge in [-0.1, -0.05) is 47.6 Å². The normalized spacial score (nSPS) is 28.0. The van der Waals surface area contributed by atoms with Crippen LogP contribution in [0.25, 0.3) is 16.8 Å². The van der Waals surface area contributed by atoms with Crippen LogP contribution < -0.4 is 0 Å². The Kier molecular flexibility index (Phi) is 5.17. The van der Waals surface area contributed by atoms with Gasteiger partial charge in [0.25, 0.3) is 0 Å². The van der Waals surface area contributed by atoms with Crippen molar-refractivity contribution in [3.8, 4) is 5.75 Å². The van der Waals surface area contributed by atoms with Crippen molar-refractivity contribution in [1.82, 2.24) is 4.90 Å². The summed E-state index contributed by atoms with van der Waals surface area (Å²) in [5, 5.41) is 12.0. The van der Waals surface area contributed by atoms with Gasteiger partial charge >= 0.3 is 0 Å². The Hall–Kier alpha value is -2.92. The quantitative estimate of drug-likeness (QED) is 0.563. The fraction of sp³-hybridized carbons (Fsp3) is 0.407. The van der Waals surface area contributed by atoms with Gasteiger partial charge in [0, 0.05) is 18.4 Å². The highest BCUT2D eigenvalue weighted by Gasteiger charge is 2.55. The Morgan fingerprint density at radius 3 is 2.66 bits per heavy atom. The van der Waals surface area contributed by atoms with E-state index in [2.05, 4.69) is 19.9 Å². The van der Waals surface area contributed by atoms with Crippen LogP contribution in [0.3, 0.4) is 0 Å². The number of benzene rings is 2. The number of imide groups is 1. The first-order chi connectivity index (χ1) is 15.4. The summed E-state index contributed by atoms with van der Waals surface area (Å²) >= 11 is 0. The van der Waals surface area contributed by atoms with Gasteiger partial charge in [0.15, 0.2) is 0 Å². The highest BCUT2D eigenvalue weighted by Crippen LogP contribution is 2.49. The molecular weight excluding hydrogens is 402 g/mol. The Labute approximate surface area is 188 Å². The first-order valence-corrected chi connectivity index (χ1v) is 11.4. The second kappa shape index (κ2) is 7.89. The Bertz CT molecular complexity index is 1180. The predicted octanol–water partition coefficient (Wildman–Crippen LogP) is 4.70. The van der Waals surface area contributed by atoms with E-state index in [0.717, 1.165) is 29.2 Å². The van der Waals surface area contributed by atoms with E-state index in [1.54, 1.807) is 13.1 Å². The molecule has 4 atom stereocenters. The summed E-state index contributed by atoms with van der Waals surface area (Å²) in [4.78, 5) is 26.5. The average molecular weight is 432 g/mol. The molecule has 0 saturated carbocycles. The molecule has 1 N–H and O–H groups in total. The zero-order valence-electron chi connectivity index (χ0n) is 18.8. The number of phenolic OH excluding ortho intramolecular Hbond substituents is 1. The van der Waals surface area contributed by atoms with Crippen molar-refractivity contribution in [2.24, 2.45) is 17.8 Å². The predicted molar refractivity (Wildman–Crippen MR) is 124 cm³/mol. The van der Waals surface area contributed by atoms with Gasteiger partial charge in [0.2, 0.25) is 11.8 Å². The molecule has 2 aromatic carbocycles. The Morgan fingerprint density at radius 2 is 1.88 bits per heavy atom. The second-order valence-corrected chi connectivity index (χ2v) is 9.48. The lowest BCUT2D eigenvalue weighted by atomic mass is 9.70. The maximum absolute atomic E-state index is 12.7. The minimum absolute atomic E-state index is 0.00895. The molecule has 0 bridgehead atoms. The summed E-state index contributed by atoms with van der Waals surface area (Å²) in [6.07, 6.45) is 4.59. The number of phenols is 1. The molecule has 5 rings (SSSR count). The summed E-state index contributed by atoms with van der Waals surface area (Å²) in [5.41, 5.74) is 4.81. The standard InChI is InChI=1S/C27H29NO4/c1-15(12-17-9-10-22(29)19-7-5-4-6-18(17)19)8-11-23-24-16(2)13-20-25(21(24)14-32-23)27(31)28(3)26(20)30/h4-7,9-10,12,20-21,23,25,29H,8,11,13-14H2,1-3H3/b15-12+/t20-,21+,23-,25-/m1/s1. The molecule has 2 saturated heterocycles. The number of ether oxygens (including phenoxy) is 1. The summed E-state index contributed by atoms with van der Waals surface area (Å²) in [5.74, 6) is -0.227. The van der Waals surface area contributed by atoms with Crippen LogP contribution in [0.2, 0.25) is 0 Å². The number of hydrogen-bond acceptors (Lipinski definition) is 4. The number of carbonyl (C=O) groups excluding carboxylic acids is 2. The van der Waals surface area contributed by atoms with Gasteiger partial charge in [0.1, 0.15) is 5.75 Å². The molecule has 2 aromatic rings. The minimum atomic E-state index is -0.254. The van der Waals surface area contributed by atoms with E-state index in [4.69, 9.17) is 4.74 Å². The van der Waals surface area contributed by atoms with Gasteiger partial charge in [-0.05, 0) is 55.7 Å². The van der Waals surface area contributed by atoms with E-state index in [1.165, 1.54) is 21.6 Å². The van der Waals surface area contributed by atoms with Crippen molar-refractivity contribution in [1.29, 1.82) is 0 Å². The lowest BCUT2D eigenvalue weighted by Crippen LogP contribution is -2.33. The van der Waals surface area contributed by atoms with Gasteiger partial charge in [-0.15, -0.1) is 0 Å². The van der Waals surface area contributed by atoms with Gasteiger partial charge < -0.3 is 9.84 Å². The van der Waals surface area contributed by atoms with Crippen molar-refractivity contribution >= 4 is 28.7 Å². The SMILES string of the molecule is CC1=C2[C@@H](CC/C(C)=C/c3ccc(O)c4ccccc34)OC[C@@H]2[C@@H]2C(=O)N(C)C(=O)[C@@H]2C1. The van der Waals surface area contributed by atoms with E-state index >= 15 is 0 Å². The molecule has 0 spiro atoms. The molecule has 2 fully saturated rings. The maximum atomic E-state index is 12.7. The van der Waals surface area contributed by atoms with E-state index in [1.807, 2.05) is 30.3 Å². The van der Waals surface area contributed by atoms with Crippen LogP contribution in [0.1, 0.15) is 38.7 Å². The Balaban J connectivity index is 1.34. The molecule has 0 radical (unpaired) electrons. The van der Waals surface area contributed by atoms with Gasteiger partial charge in [0.05, 0.1) is 24.5 Å². The molecule has 1 aliphatic carbocycles. The molecule has 0 aromatic heterocycles. The van der Waals surface area contributed by atoms with Crippen LogP contribution >= 0.6 is 0 Å². The zero-order valence-corrected chi connectivity index (χ0v) is 18.8. The monoisotopic (exact) mass is 431 g/mol. The molecule has 3 aliphatic rings. The number of carbonyl (C=O) groups is 2. The maximum Gasteiger partial charge on any atom is 0.233 e. The number of aromatic hydroxyl groups is 1. The number of nitrogens with zero attached hydrogens (tertiary/aromatic N) is 1. The number of likely N-dealkylation sites (tertiary alicyclic amines) is 1. The third-order valence-electron chi connectivity index (χ3n) is 7.51. The largest absolute Gasteiger partial charge is 0.507 e. The van der Waals surface area contributed by atoms with Crippen LogP contribution in [-0.2, 0) is 14.3 Å². The smallest absolute Gasteiger partial charge is 0.233 e. The van der Waals surface area contributed by atoms with Crippen molar-refractivity contribution in [2.75, 3.05) is 13.7 Å². The summed E-state index contributed by atoms with van der Waals surface area (Å²) in [6.45, 7) is 4.75. The minimum Gasteiger partial charge on any atom is -0.507 e. The van der Waals surface area contributed by atoms with Crippen molar-refractivity contribution in [3.63, 3.8) is 0 Å². The molecule has 5 nitrogen and oxygen atoms in total. The van der Waals surface area contributed by atoms with Gasteiger partial charge in [-0.25, -0.2) is 0 Å². The third kappa shape index (κ3) is 3.27. The molecular formula is C27H29NO4. The summed E-state index contributed by atoms with van der Waals surface area (Å²) < 4.78 is 6.18. The van der Waals surface area contributed by atoms with Crippen LogP contribution in [-0.4, -0.2) is 41.6 Å². The average Bonchev–Trinajstić information content (AvgIpc) is 3.30. The fourth-order valence-electron chi connectivity index (χ4n) is 5.92. The number of rotatable bonds is 4. The molecule has 0 unspecified atom stereocenters. The molecule has 2 amide bonds. The van der Waals surface area contributed by atoms with Crippen molar-refractivity contribution in [3.05, 3.63) is 58.7 Å². The van der Waals surface area contributed by atoms with E-state index < -0.39 is 0 Å². The number of fused-ring (bicyclic) bond motifs is 4. The zero-order chi connectivity index (χ0) is 22.6. The number of hydrogen-bond donors (Lipinski definition) is 1. The van der Waals surface area contributed by atoms with E-state index in [9.17, 15) is 14.7 Å². The summed E-state index contributed by atoms with van der Waals surface area (Å²) in [7, 11) is 1.60.